The van der Waals surface area contributed by atoms with E-state index >= 15 is 0 Å². The summed E-state index contributed by atoms with van der Waals surface area (Å²) in [4.78, 5) is 14.1. The van der Waals surface area contributed by atoms with E-state index in [2.05, 4.69) is 24.1 Å². The van der Waals surface area contributed by atoms with Crippen LogP contribution in [-0.4, -0.2) is 43.0 Å². The smallest absolute Gasteiger partial charge is 0.223 e. The van der Waals surface area contributed by atoms with E-state index in [1.165, 1.54) is 0 Å². The third kappa shape index (κ3) is 4.10. The third-order valence-corrected chi connectivity index (χ3v) is 3.47. The molecule has 4 heteroatoms. The molecule has 1 aliphatic rings. The van der Waals surface area contributed by atoms with Crippen LogP contribution >= 0.6 is 0 Å². The number of nitrogens with two attached hydrogens (primary N) is 1. The number of amides is 1. The van der Waals surface area contributed by atoms with E-state index < -0.39 is 0 Å². The highest BCUT2D eigenvalue weighted by atomic mass is 16.1. The summed E-state index contributed by atoms with van der Waals surface area (Å²) in [6, 6.07) is 0.235. The Balaban J connectivity index is 2.15. The molecule has 94 valence electrons. The van der Waals surface area contributed by atoms with E-state index in [1.807, 2.05) is 0 Å². The Bertz CT molecular complexity index is 216. The van der Waals surface area contributed by atoms with Crippen molar-refractivity contribution in [2.75, 3.05) is 26.2 Å². The minimum Gasteiger partial charge on any atom is -0.355 e. The topological polar surface area (TPSA) is 58.4 Å². The van der Waals surface area contributed by atoms with Gasteiger partial charge in [-0.1, -0.05) is 13.8 Å². The molecule has 0 saturated heterocycles. The molecule has 2 atom stereocenters. The van der Waals surface area contributed by atoms with Crippen molar-refractivity contribution in [1.29, 1.82) is 0 Å². The molecule has 4 nitrogen and oxygen atoms in total. The Labute approximate surface area is 98.6 Å². The molecular weight excluding hydrogens is 202 g/mol. The Morgan fingerprint density at radius 1 is 1.38 bits per heavy atom. The summed E-state index contributed by atoms with van der Waals surface area (Å²) in [6.07, 6.45) is 2.81. The molecule has 0 radical (unpaired) electrons. The second-order valence-corrected chi connectivity index (χ2v) is 4.59. The van der Waals surface area contributed by atoms with Crippen molar-refractivity contribution in [2.24, 2.45) is 11.7 Å². The lowest BCUT2D eigenvalue weighted by atomic mass is 10.1. The molecule has 0 aromatic carbocycles. The van der Waals surface area contributed by atoms with Gasteiger partial charge in [0.1, 0.15) is 0 Å². The molecule has 1 aliphatic carbocycles. The zero-order valence-corrected chi connectivity index (χ0v) is 10.5. The highest BCUT2D eigenvalue weighted by Crippen LogP contribution is 2.23. The molecule has 16 heavy (non-hydrogen) atoms. The van der Waals surface area contributed by atoms with Crippen LogP contribution < -0.4 is 11.1 Å². The maximum atomic E-state index is 11.8. The van der Waals surface area contributed by atoms with Gasteiger partial charge in [0.15, 0.2) is 0 Å². The van der Waals surface area contributed by atoms with Gasteiger partial charge in [-0.05, 0) is 32.4 Å². The summed E-state index contributed by atoms with van der Waals surface area (Å²) in [6.45, 7) is 8.06. The predicted molar refractivity (Wildman–Crippen MR) is 66.1 cm³/mol. The maximum Gasteiger partial charge on any atom is 0.223 e. The van der Waals surface area contributed by atoms with Gasteiger partial charge in [0.25, 0.3) is 0 Å². The Morgan fingerprint density at radius 3 is 2.56 bits per heavy atom. The molecule has 0 spiro atoms. The number of nitrogens with zero attached hydrogens (tertiary/aromatic N) is 1. The van der Waals surface area contributed by atoms with Crippen molar-refractivity contribution in [3.63, 3.8) is 0 Å². The first-order valence-electron chi connectivity index (χ1n) is 6.43. The minimum absolute atomic E-state index is 0.159. The standard InChI is InChI=1S/C12H25N3O/c1-3-15(4-2)8-7-14-12(16)10-5-6-11(13)9-10/h10-11H,3-9,13H2,1-2H3,(H,14,16). The molecule has 0 aromatic rings. The lowest BCUT2D eigenvalue weighted by molar-refractivity contribution is -0.124. The number of carbonyl (C=O) groups excluding carboxylic acids is 1. The third-order valence-electron chi connectivity index (χ3n) is 3.47. The number of hydrogen-bond donors (Lipinski definition) is 2. The maximum absolute atomic E-state index is 11.8. The van der Waals surface area contributed by atoms with Crippen molar-refractivity contribution >= 4 is 5.91 Å². The fourth-order valence-corrected chi connectivity index (χ4v) is 2.28. The van der Waals surface area contributed by atoms with Crippen LogP contribution in [0.15, 0.2) is 0 Å². The summed E-state index contributed by atoms with van der Waals surface area (Å²) in [5.74, 6) is 0.354. The van der Waals surface area contributed by atoms with Crippen LogP contribution in [0, 0.1) is 5.92 Å². The van der Waals surface area contributed by atoms with Gasteiger partial charge in [0.2, 0.25) is 5.91 Å². The van der Waals surface area contributed by atoms with Crippen LogP contribution in [0.5, 0.6) is 0 Å². The summed E-state index contributed by atoms with van der Waals surface area (Å²) >= 11 is 0. The van der Waals surface area contributed by atoms with Gasteiger partial charge in [-0.2, -0.15) is 0 Å². The molecular formula is C12H25N3O. The minimum atomic E-state index is 0.159. The summed E-state index contributed by atoms with van der Waals surface area (Å²) in [7, 11) is 0. The molecule has 3 N–H and O–H groups in total. The number of nitrogens with one attached hydrogen (secondary N) is 1. The summed E-state index contributed by atoms with van der Waals surface area (Å²) < 4.78 is 0. The van der Waals surface area contributed by atoms with Crippen LogP contribution in [0.3, 0.4) is 0 Å². The average Bonchev–Trinajstić information content (AvgIpc) is 2.71. The largest absolute Gasteiger partial charge is 0.355 e. The first-order chi connectivity index (χ1) is 7.67. The fraction of sp³-hybridized carbons (Fsp3) is 0.917. The highest BCUT2D eigenvalue weighted by Gasteiger charge is 2.27. The molecule has 0 aromatic heterocycles. The summed E-state index contributed by atoms with van der Waals surface area (Å²) in [5.41, 5.74) is 5.79. The zero-order valence-electron chi connectivity index (χ0n) is 10.5. The van der Waals surface area contributed by atoms with Gasteiger partial charge in [0, 0.05) is 25.0 Å². The van der Waals surface area contributed by atoms with Crippen LogP contribution in [0.1, 0.15) is 33.1 Å². The number of hydrogen-bond acceptors (Lipinski definition) is 3. The lowest BCUT2D eigenvalue weighted by Crippen LogP contribution is -2.37. The van der Waals surface area contributed by atoms with Crippen molar-refractivity contribution in [3.8, 4) is 0 Å². The Hall–Kier alpha value is -0.610. The molecule has 1 saturated carbocycles. The van der Waals surface area contributed by atoms with Crippen LogP contribution in [-0.2, 0) is 4.79 Å². The number of carbonyl (C=O) groups is 1. The van der Waals surface area contributed by atoms with E-state index in [0.29, 0.717) is 0 Å². The first-order valence-corrected chi connectivity index (χ1v) is 6.43. The Kier molecular flexibility index (Phi) is 5.77. The Morgan fingerprint density at radius 2 is 2.06 bits per heavy atom. The van der Waals surface area contributed by atoms with Crippen molar-refractivity contribution in [3.05, 3.63) is 0 Å². The van der Waals surface area contributed by atoms with Gasteiger partial charge in [-0.25, -0.2) is 0 Å². The second-order valence-electron chi connectivity index (χ2n) is 4.59. The number of rotatable bonds is 6. The monoisotopic (exact) mass is 227 g/mol. The predicted octanol–water partition coefficient (Wildman–Crippen LogP) is 0.572. The van der Waals surface area contributed by atoms with Crippen LogP contribution in [0.4, 0.5) is 0 Å². The molecule has 1 fully saturated rings. The SMILES string of the molecule is CCN(CC)CCNC(=O)C1CCC(N)C1. The van der Waals surface area contributed by atoms with Crippen LogP contribution in [0.25, 0.3) is 0 Å². The van der Waals surface area contributed by atoms with Crippen molar-refractivity contribution < 1.29 is 4.79 Å². The average molecular weight is 227 g/mol. The van der Waals surface area contributed by atoms with E-state index in [-0.39, 0.29) is 17.9 Å². The van der Waals surface area contributed by atoms with Crippen LogP contribution in [0.2, 0.25) is 0 Å². The molecule has 2 unspecified atom stereocenters. The van der Waals surface area contributed by atoms with Gasteiger partial charge < -0.3 is 16.0 Å². The zero-order chi connectivity index (χ0) is 12.0. The molecule has 1 rings (SSSR count). The molecule has 0 bridgehead atoms. The van der Waals surface area contributed by atoms with Gasteiger partial charge in [-0.3, -0.25) is 4.79 Å². The van der Waals surface area contributed by atoms with E-state index in [1.54, 1.807) is 0 Å². The lowest BCUT2D eigenvalue weighted by Gasteiger charge is -2.18. The first kappa shape index (κ1) is 13.5. The van der Waals surface area contributed by atoms with E-state index in [9.17, 15) is 4.79 Å². The fourth-order valence-electron chi connectivity index (χ4n) is 2.28. The van der Waals surface area contributed by atoms with E-state index in [0.717, 1.165) is 45.4 Å². The van der Waals surface area contributed by atoms with Gasteiger partial charge in [0.05, 0.1) is 0 Å². The normalized spacial score (nSPS) is 25.0. The number of likely N-dealkylation sites (N-methyl/N-ethyl adjacent to an activating group) is 1. The van der Waals surface area contributed by atoms with Crippen molar-refractivity contribution in [2.45, 2.75) is 39.2 Å². The molecule has 1 amide bonds. The van der Waals surface area contributed by atoms with Gasteiger partial charge >= 0.3 is 0 Å². The van der Waals surface area contributed by atoms with Gasteiger partial charge in [-0.15, -0.1) is 0 Å². The summed E-state index contributed by atoms with van der Waals surface area (Å²) in [5, 5.41) is 3.01. The highest BCUT2D eigenvalue weighted by molar-refractivity contribution is 5.78. The molecule has 0 aliphatic heterocycles. The molecule has 0 heterocycles. The quantitative estimate of drug-likeness (QED) is 0.697. The van der Waals surface area contributed by atoms with E-state index in [4.69, 9.17) is 5.73 Å². The second kappa shape index (κ2) is 6.86. The van der Waals surface area contributed by atoms with Crippen molar-refractivity contribution in [1.82, 2.24) is 10.2 Å².